The molecule has 9 heteroatoms. The highest BCUT2D eigenvalue weighted by Gasteiger charge is 2.34. The molecule has 21 heavy (non-hydrogen) atoms. The fourth-order valence-electron chi connectivity index (χ4n) is 1.77. The van der Waals surface area contributed by atoms with Crippen molar-refractivity contribution >= 4 is 33.4 Å². The van der Waals surface area contributed by atoms with Crippen LogP contribution in [0.3, 0.4) is 0 Å². The molecule has 0 aliphatic carbocycles. The first-order valence-corrected chi connectivity index (χ1v) is 7.10. The van der Waals surface area contributed by atoms with Crippen LogP contribution >= 0.6 is 0 Å². The van der Waals surface area contributed by atoms with Crippen LogP contribution in [0.1, 0.15) is 6.92 Å². The topological polar surface area (TPSA) is 124 Å². The molecule has 2 rings (SSSR count). The zero-order valence-corrected chi connectivity index (χ0v) is 11.5. The number of aliphatic carboxylic acids is 1. The molecule has 8 nitrogen and oxygen atoms in total. The molecule has 0 saturated carbocycles. The van der Waals surface area contributed by atoms with E-state index in [-0.39, 0.29) is 21.9 Å². The van der Waals surface area contributed by atoms with Gasteiger partial charge in [-0.05, 0) is 31.2 Å². The third kappa shape index (κ3) is 2.69. The quantitative estimate of drug-likeness (QED) is 0.624. The van der Waals surface area contributed by atoms with Crippen molar-refractivity contribution in [3.05, 3.63) is 35.9 Å². The molecular formula is C12H10N2O6S. The number of allylic oxidation sites excluding steroid dienone is 1. The van der Waals surface area contributed by atoms with E-state index in [0.29, 0.717) is 0 Å². The lowest BCUT2D eigenvalue weighted by atomic mass is 10.1. The van der Waals surface area contributed by atoms with E-state index in [9.17, 15) is 18.0 Å². The summed E-state index contributed by atoms with van der Waals surface area (Å²) in [7, 11) is -4.34. The van der Waals surface area contributed by atoms with Gasteiger partial charge in [0.2, 0.25) is 0 Å². The lowest BCUT2D eigenvalue weighted by Gasteiger charge is -2.11. The van der Waals surface area contributed by atoms with Gasteiger partial charge >= 0.3 is 5.97 Å². The first kappa shape index (κ1) is 14.9. The van der Waals surface area contributed by atoms with Crippen LogP contribution in [0.5, 0.6) is 0 Å². The van der Waals surface area contributed by atoms with E-state index < -0.39 is 22.0 Å². The highest BCUT2D eigenvalue weighted by atomic mass is 32.2. The van der Waals surface area contributed by atoms with Gasteiger partial charge < -0.3 is 5.11 Å². The Morgan fingerprint density at radius 3 is 2.24 bits per heavy atom. The number of carboxylic acids is 1. The van der Waals surface area contributed by atoms with Crippen molar-refractivity contribution in [2.45, 2.75) is 11.8 Å². The molecule has 0 unspecified atom stereocenters. The molecule has 0 aromatic heterocycles. The van der Waals surface area contributed by atoms with Gasteiger partial charge in [-0.25, -0.2) is 4.79 Å². The van der Waals surface area contributed by atoms with E-state index in [1.165, 1.54) is 25.1 Å². The normalized spacial score (nSPS) is 17.2. The fourth-order valence-corrected chi connectivity index (χ4v) is 2.25. The summed E-state index contributed by atoms with van der Waals surface area (Å²) >= 11 is 0. The predicted molar refractivity (Wildman–Crippen MR) is 72.6 cm³/mol. The summed E-state index contributed by atoms with van der Waals surface area (Å²) in [5.41, 5.74) is -0.259. The number of carbonyl (C=O) groups is 2. The van der Waals surface area contributed by atoms with Gasteiger partial charge in [0, 0.05) is 0 Å². The molecule has 0 bridgehead atoms. The predicted octanol–water partition coefficient (Wildman–Crippen LogP) is 0.667. The second-order valence-corrected chi connectivity index (χ2v) is 5.46. The molecule has 1 heterocycles. The molecule has 1 aromatic rings. The second-order valence-electron chi connectivity index (χ2n) is 4.04. The molecule has 0 saturated heterocycles. The molecular weight excluding hydrogens is 300 g/mol. The first-order chi connectivity index (χ1) is 9.75. The minimum atomic E-state index is -4.34. The minimum Gasteiger partial charge on any atom is -0.476 e. The van der Waals surface area contributed by atoms with Crippen LogP contribution in [0.4, 0.5) is 5.69 Å². The van der Waals surface area contributed by atoms with E-state index in [1.54, 1.807) is 0 Å². The number of hydrogen-bond acceptors (Lipinski definition) is 5. The summed E-state index contributed by atoms with van der Waals surface area (Å²) in [6, 6.07) is 4.65. The largest absolute Gasteiger partial charge is 0.476 e. The first-order valence-electron chi connectivity index (χ1n) is 5.66. The lowest BCUT2D eigenvalue weighted by molar-refractivity contribution is -0.129. The number of anilines is 1. The Kier molecular flexibility index (Phi) is 3.62. The Morgan fingerprint density at radius 2 is 1.86 bits per heavy atom. The van der Waals surface area contributed by atoms with Crippen LogP contribution in [0.25, 0.3) is 0 Å². The second kappa shape index (κ2) is 5.11. The molecule has 1 amide bonds. The van der Waals surface area contributed by atoms with E-state index >= 15 is 0 Å². The maximum atomic E-state index is 12.0. The van der Waals surface area contributed by atoms with Gasteiger partial charge in [0.1, 0.15) is 0 Å². The van der Waals surface area contributed by atoms with Crippen LogP contribution in [0, 0.1) is 0 Å². The number of nitrogens with zero attached hydrogens (tertiary/aromatic N) is 2. The molecule has 1 aromatic carbocycles. The molecule has 1 aliphatic heterocycles. The average molecular weight is 310 g/mol. The molecule has 0 fully saturated rings. The zero-order valence-electron chi connectivity index (χ0n) is 10.7. The average Bonchev–Trinajstić information content (AvgIpc) is 2.75. The third-order valence-corrected chi connectivity index (χ3v) is 3.62. The smallest absolute Gasteiger partial charge is 0.357 e. The Hall–Kier alpha value is -2.52. The van der Waals surface area contributed by atoms with Gasteiger partial charge in [0.25, 0.3) is 16.0 Å². The van der Waals surface area contributed by atoms with Crippen LogP contribution in [0.15, 0.2) is 45.9 Å². The maximum absolute atomic E-state index is 12.0. The minimum absolute atomic E-state index is 0.0543. The highest BCUT2D eigenvalue weighted by Crippen LogP contribution is 2.25. The van der Waals surface area contributed by atoms with E-state index in [2.05, 4.69) is 5.10 Å². The molecule has 1 aliphatic rings. The van der Waals surface area contributed by atoms with Gasteiger partial charge in [-0.2, -0.15) is 18.5 Å². The SMILES string of the molecule is CC=C1C(=O)N(c2ccc(S(=O)(=O)O)cc2)N=C1C(=O)O. The van der Waals surface area contributed by atoms with Gasteiger partial charge in [0.15, 0.2) is 5.71 Å². The molecule has 2 N–H and O–H groups in total. The third-order valence-electron chi connectivity index (χ3n) is 2.75. The summed E-state index contributed by atoms with van der Waals surface area (Å²) in [5.74, 6) is -1.97. The Balaban J connectivity index is 2.44. The summed E-state index contributed by atoms with van der Waals surface area (Å²) < 4.78 is 30.7. The number of amides is 1. The van der Waals surface area contributed by atoms with Gasteiger partial charge in [0.05, 0.1) is 16.2 Å². The summed E-state index contributed by atoms with van der Waals surface area (Å²) in [6.07, 6.45) is 1.34. The number of hydrogen-bond donors (Lipinski definition) is 2. The van der Waals surface area contributed by atoms with Crippen molar-refractivity contribution in [3.8, 4) is 0 Å². The van der Waals surface area contributed by atoms with Gasteiger partial charge in [-0.3, -0.25) is 9.35 Å². The van der Waals surface area contributed by atoms with Crippen molar-refractivity contribution < 1.29 is 27.7 Å². The summed E-state index contributed by atoms with van der Waals surface area (Å²) in [5, 5.41) is 13.5. The summed E-state index contributed by atoms with van der Waals surface area (Å²) in [4.78, 5) is 22.7. The van der Waals surface area contributed by atoms with E-state index in [1.807, 2.05) is 0 Å². The number of rotatable bonds is 3. The van der Waals surface area contributed by atoms with E-state index in [0.717, 1.165) is 17.1 Å². The van der Waals surface area contributed by atoms with Crippen LogP contribution < -0.4 is 5.01 Å². The Morgan fingerprint density at radius 1 is 1.29 bits per heavy atom. The van der Waals surface area contributed by atoms with Gasteiger partial charge in [-0.1, -0.05) is 6.08 Å². The van der Waals surface area contributed by atoms with Crippen LogP contribution in [-0.4, -0.2) is 35.7 Å². The highest BCUT2D eigenvalue weighted by molar-refractivity contribution is 7.85. The zero-order chi connectivity index (χ0) is 15.8. The molecule has 0 atom stereocenters. The monoisotopic (exact) mass is 310 g/mol. The lowest BCUT2D eigenvalue weighted by Crippen LogP contribution is -2.22. The number of carboxylic acid groups (broad SMARTS) is 1. The number of hydrazone groups is 1. The molecule has 0 radical (unpaired) electrons. The Labute approximate surface area is 119 Å². The number of benzene rings is 1. The summed E-state index contributed by atoms with van der Waals surface area (Å²) in [6.45, 7) is 1.51. The standard InChI is InChI=1S/C12H10N2O6S/c1-2-9-10(12(16)17)13-14(11(9)15)7-3-5-8(6-4-7)21(18,19)20/h2-6H,1H3,(H,16,17)(H,18,19,20). The van der Waals surface area contributed by atoms with Crippen LogP contribution in [-0.2, 0) is 19.7 Å². The van der Waals surface area contributed by atoms with Crippen molar-refractivity contribution in [1.29, 1.82) is 0 Å². The number of carbonyl (C=O) groups excluding carboxylic acids is 1. The van der Waals surface area contributed by atoms with Crippen molar-refractivity contribution in [3.63, 3.8) is 0 Å². The van der Waals surface area contributed by atoms with Crippen molar-refractivity contribution in [2.24, 2.45) is 5.10 Å². The maximum Gasteiger partial charge on any atom is 0.357 e. The van der Waals surface area contributed by atoms with Crippen molar-refractivity contribution in [2.75, 3.05) is 5.01 Å². The van der Waals surface area contributed by atoms with Crippen molar-refractivity contribution in [1.82, 2.24) is 0 Å². The Bertz CT molecular complexity index is 776. The van der Waals surface area contributed by atoms with Gasteiger partial charge in [-0.15, -0.1) is 0 Å². The van der Waals surface area contributed by atoms with Crippen LogP contribution in [0.2, 0.25) is 0 Å². The molecule has 110 valence electrons. The van der Waals surface area contributed by atoms with E-state index in [4.69, 9.17) is 9.66 Å². The molecule has 0 spiro atoms. The fraction of sp³-hybridized carbons (Fsp3) is 0.0833.